The molecule has 1 spiro atoms. The predicted molar refractivity (Wildman–Crippen MR) is 137 cm³/mol. The van der Waals surface area contributed by atoms with Gasteiger partial charge in [-0.2, -0.15) is 0 Å². The van der Waals surface area contributed by atoms with Gasteiger partial charge in [0.25, 0.3) is 0 Å². The van der Waals surface area contributed by atoms with Gasteiger partial charge in [-0.15, -0.1) is 6.58 Å². The number of rotatable bonds is 10. The van der Waals surface area contributed by atoms with Crippen LogP contribution in [-0.2, 0) is 23.9 Å². The fourth-order valence-electron chi connectivity index (χ4n) is 6.69. The lowest BCUT2D eigenvalue weighted by Crippen LogP contribution is -2.62. The highest BCUT2D eigenvalue weighted by molar-refractivity contribution is 5.99. The SMILES string of the molecule is C=CCOC(=O)[C@H]1[C@H]2C(=O)N([C@@H](CO)[C@@H](C)CC)C(C(=O)N(CC=C)C(C)(C)C)C23CC(C)[C@]1(C)O3. The lowest BCUT2D eigenvalue weighted by molar-refractivity contribution is -0.164. The van der Waals surface area contributed by atoms with Gasteiger partial charge in [0.15, 0.2) is 0 Å². The summed E-state index contributed by atoms with van der Waals surface area (Å²) < 4.78 is 12.2. The monoisotopic (exact) mass is 504 g/mol. The van der Waals surface area contributed by atoms with Gasteiger partial charge in [-0.05, 0) is 46.0 Å². The van der Waals surface area contributed by atoms with E-state index >= 15 is 0 Å². The quantitative estimate of drug-likeness (QED) is 0.363. The van der Waals surface area contributed by atoms with Crippen molar-refractivity contribution in [2.24, 2.45) is 23.7 Å². The zero-order valence-electron chi connectivity index (χ0n) is 23.0. The highest BCUT2D eigenvalue weighted by atomic mass is 16.6. The Labute approximate surface area is 215 Å². The summed E-state index contributed by atoms with van der Waals surface area (Å²) in [5.41, 5.74) is -2.68. The molecule has 2 bridgehead atoms. The smallest absolute Gasteiger partial charge is 0.313 e. The van der Waals surface area contributed by atoms with Gasteiger partial charge in [0, 0.05) is 12.1 Å². The van der Waals surface area contributed by atoms with E-state index in [-0.39, 0.29) is 36.9 Å². The van der Waals surface area contributed by atoms with Crippen LogP contribution < -0.4 is 0 Å². The third kappa shape index (κ3) is 4.10. The molecule has 0 aromatic carbocycles. The van der Waals surface area contributed by atoms with E-state index in [2.05, 4.69) is 13.2 Å². The Bertz CT molecular complexity index is 912. The number of esters is 1. The molecule has 8 atom stereocenters. The van der Waals surface area contributed by atoms with Crippen LogP contribution in [0.4, 0.5) is 0 Å². The second-order valence-electron chi connectivity index (χ2n) is 11.9. The normalized spacial score (nSPS) is 34.8. The molecule has 3 heterocycles. The van der Waals surface area contributed by atoms with E-state index in [9.17, 15) is 19.5 Å². The molecule has 8 nitrogen and oxygen atoms in total. The Kier molecular flexibility index (Phi) is 7.83. The summed E-state index contributed by atoms with van der Waals surface area (Å²) in [5, 5.41) is 10.5. The first-order chi connectivity index (χ1) is 16.8. The van der Waals surface area contributed by atoms with Gasteiger partial charge in [-0.25, -0.2) is 0 Å². The molecular formula is C28H44N2O6. The predicted octanol–water partition coefficient (Wildman–Crippen LogP) is 2.95. The summed E-state index contributed by atoms with van der Waals surface area (Å²) in [4.78, 5) is 45.4. The van der Waals surface area contributed by atoms with Gasteiger partial charge in [0.1, 0.15) is 24.2 Å². The minimum atomic E-state index is -1.19. The van der Waals surface area contributed by atoms with E-state index in [0.717, 1.165) is 0 Å². The molecule has 3 aliphatic heterocycles. The average Bonchev–Trinajstić information content (AvgIpc) is 3.32. The van der Waals surface area contributed by atoms with Crippen molar-refractivity contribution in [3.8, 4) is 0 Å². The fraction of sp³-hybridized carbons (Fsp3) is 0.750. The van der Waals surface area contributed by atoms with Crippen LogP contribution in [0.3, 0.4) is 0 Å². The topological polar surface area (TPSA) is 96.4 Å². The number of hydrogen-bond donors (Lipinski definition) is 1. The summed E-state index contributed by atoms with van der Waals surface area (Å²) >= 11 is 0. The molecule has 3 unspecified atom stereocenters. The fourth-order valence-corrected chi connectivity index (χ4v) is 6.69. The Morgan fingerprint density at radius 2 is 1.97 bits per heavy atom. The highest BCUT2D eigenvalue weighted by Crippen LogP contribution is 2.66. The summed E-state index contributed by atoms with van der Waals surface area (Å²) in [5.74, 6) is -2.96. The van der Waals surface area contributed by atoms with Gasteiger partial charge in [0.05, 0.1) is 24.2 Å². The maximum Gasteiger partial charge on any atom is 0.313 e. The molecular weight excluding hydrogens is 460 g/mol. The van der Waals surface area contributed by atoms with Crippen LogP contribution in [0, 0.1) is 23.7 Å². The molecule has 3 rings (SSSR count). The number of carbonyl (C=O) groups excluding carboxylic acids is 3. The number of aliphatic hydroxyl groups is 1. The zero-order valence-corrected chi connectivity index (χ0v) is 23.0. The van der Waals surface area contributed by atoms with Crippen molar-refractivity contribution in [2.75, 3.05) is 19.8 Å². The average molecular weight is 505 g/mol. The number of carbonyl (C=O) groups is 3. The molecule has 1 N–H and O–H groups in total. The Hall–Kier alpha value is -2.19. The first-order valence-electron chi connectivity index (χ1n) is 13.1. The van der Waals surface area contributed by atoms with Gasteiger partial charge in [-0.3, -0.25) is 14.4 Å². The van der Waals surface area contributed by atoms with E-state index in [1.165, 1.54) is 6.08 Å². The van der Waals surface area contributed by atoms with Crippen molar-refractivity contribution >= 4 is 17.8 Å². The molecule has 3 aliphatic rings. The first-order valence-corrected chi connectivity index (χ1v) is 13.1. The zero-order chi connectivity index (χ0) is 27.2. The number of fused-ring (bicyclic) bond motifs is 1. The number of amides is 2. The molecule has 0 aromatic rings. The van der Waals surface area contributed by atoms with Crippen molar-refractivity contribution in [3.63, 3.8) is 0 Å². The molecule has 0 saturated carbocycles. The van der Waals surface area contributed by atoms with Crippen molar-refractivity contribution < 1.29 is 29.0 Å². The molecule has 8 heteroatoms. The van der Waals surface area contributed by atoms with Crippen molar-refractivity contribution in [1.82, 2.24) is 9.80 Å². The van der Waals surface area contributed by atoms with Crippen molar-refractivity contribution in [2.45, 2.75) is 90.1 Å². The Morgan fingerprint density at radius 3 is 2.47 bits per heavy atom. The summed E-state index contributed by atoms with van der Waals surface area (Å²) in [6.45, 7) is 21.1. The second-order valence-corrected chi connectivity index (χ2v) is 11.9. The number of aliphatic hydroxyl groups excluding tert-OH is 1. The van der Waals surface area contributed by atoms with Crippen LogP contribution in [0.25, 0.3) is 0 Å². The Balaban J connectivity index is 2.22. The third-order valence-corrected chi connectivity index (χ3v) is 8.82. The molecule has 0 aromatic heterocycles. The number of nitrogens with zero attached hydrogens (tertiary/aromatic N) is 2. The van der Waals surface area contributed by atoms with E-state index in [0.29, 0.717) is 19.4 Å². The highest BCUT2D eigenvalue weighted by Gasteiger charge is 2.81. The summed E-state index contributed by atoms with van der Waals surface area (Å²) in [7, 11) is 0. The van der Waals surface area contributed by atoms with E-state index in [4.69, 9.17) is 9.47 Å². The number of hydrogen-bond acceptors (Lipinski definition) is 6. The second kappa shape index (κ2) is 9.93. The van der Waals surface area contributed by atoms with Crippen molar-refractivity contribution in [1.29, 1.82) is 0 Å². The molecule has 2 amide bonds. The molecule has 202 valence electrons. The Morgan fingerprint density at radius 1 is 1.33 bits per heavy atom. The summed E-state index contributed by atoms with van der Waals surface area (Å²) in [6, 6.07) is -1.56. The maximum atomic E-state index is 14.4. The van der Waals surface area contributed by atoms with Crippen LogP contribution in [0.15, 0.2) is 25.3 Å². The molecule has 0 aliphatic carbocycles. The van der Waals surface area contributed by atoms with Crippen LogP contribution in [0.2, 0.25) is 0 Å². The number of ether oxygens (including phenoxy) is 2. The van der Waals surface area contributed by atoms with Crippen LogP contribution >= 0.6 is 0 Å². The van der Waals surface area contributed by atoms with Gasteiger partial charge >= 0.3 is 5.97 Å². The van der Waals surface area contributed by atoms with Crippen LogP contribution in [0.5, 0.6) is 0 Å². The minimum absolute atomic E-state index is 0.0308. The summed E-state index contributed by atoms with van der Waals surface area (Å²) in [6.07, 6.45) is 4.33. The molecule has 0 radical (unpaired) electrons. The largest absolute Gasteiger partial charge is 0.461 e. The molecule has 3 saturated heterocycles. The van der Waals surface area contributed by atoms with Crippen LogP contribution in [-0.4, -0.2) is 81.3 Å². The standard InChI is InChI=1S/C28H44N2O6/c1-10-13-29(26(6,7)8)24(33)22-28-15-18(5)27(9,36-28)21(25(34)35-14-11-2)20(28)23(32)30(22)19(16-31)17(4)12-3/h10-11,17-22,31H,1-2,12-16H2,3-9H3/t17-,18?,19-,20-,21+,22?,27-,28?/m0/s1. The first kappa shape index (κ1) is 28.4. The van der Waals surface area contributed by atoms with Gasteiger partial charge in [0.2, 0.25) is 11.8 Å². The number of likely N-dealkylation sites (tertiary alicyclic amines) is 1. The van der Waals surface area contributed by atoms with E-state index in [1.54, 1.807) is 15.9 Å². The van der Waals surface area contributed by atoms with Gasteiger partial charge < -0.3 is 24.4 Å². The third-order valence-electron chi connectivity index (χ3n) is 8.82. The minimum Gasteiger partial charge on any atom is -0.461 e. The van der Waals surface area contributed by atoms with Crippen LogP contribution in [0.1, 0.15) is 61.3 Å². The van der Waals surface area contributed by atoms with Crippen molar-refractivity contribution in [3.05, 3.63) is 25.3 Å². The lowest BCUT2D eigenvalue weighted by atomic mass is 9.62. The molecule has 36 heavy (non-hydrogen) atoms. The molecule has 3 fully saturated rings. The maximum absolute atomic E-state index is 14.4. The van der Waals surface area contributed by atoms with E-state index in [1.807, 2.05) is 48.5 Å². The van der Waals surface area contributed by atoms with E-state index < -0.39 is 46.6 Å². The lowest BCUT2D eigenvalue weighted by Gasteiger charge is -2.44. The van der Waals surface area contributed by atoms with Gasteiger partial charge in [-0.1, -0.05) is 45.9 Å².